The first kappa shape index (κ1) is 17.7. The predicted molar refractivity (Wildman–Crippen MR) is 109 cm³/mol. The molecule has 0 bridgehead atoms. The molecule has 0 saturated carbocycles. The molecule has 1 saturated heterocycles. The molecule has 3 heterocycles. The quantitative estimate of drug-likeness (QED) is 0.720. The van der Waals surface area contributed by atoms with Crippen LogP contribution in [0.1, 0.15) is 31.2 Å². The number of anilines is 1. The number of benzene rings is 1. The maximum atomic E-state index is 12.2. The fourth-order valence-electron chi connectivity index (χ4n) is 3.75. The zero-order valence-corrected chi connectivity index (χ0v) is 15.7. The Labute approximate surface area is 159 Å². The summed E-state index contributed by atoms with van der Waals surface area (Å²) in [5.41, 5.74) is 4.95. The van der Waals surface area contributed by atoms with Gasteiger partial charge in [-0.05, 0) is 69.0 Å². The highest BCUT2D eigenvalue weighted by Gasteiger charge is 2.14. The van der Waals surface area contributed by atoms with Gasteiger partial charge in [-0.25, -0.2) is 4.98 Å². The van der Waals surface area contributed by atoms with Gasteiger partial charge in [0.05, 0.1) is 5.69 Å². The monoisotopic (exact) mass is 362 g/mol. The van der Waals surface area contributed by atoms with Crippen molar-refractivity contribution in [2.45, 2.75) is 32.6 Å². The van der Waals surface area contributed by atoms with Gasteiger partial charge in [-0.1, -0.05) is 18.2 Å². The maximum absolute atomic E-state index is 12.2. The molecule has 2 N–H and O–H groups in total. The van der Waals surface area contributed by atoms with Crippen LogP contribution in [0, 0.1) is 12.8 Å². The van der Waals surface area contributed by atoms with Crippen LogP contribution in [-0.2, 0) is 4.79 Å². The smallest absolute Gasteiger partial charge is 0.224 e. The lowest BCUT2D eigenvalue weighted by Gasteiger charge is -2.22. The van der Waals surface area contributed by atoms with Crippen LogP contribution in [0.15, 0.2) is 48.8 Å². The summed E-state index contributed by atoms with van der Waals surface area (Å²) in [6, 6.07) is 12.0. The zero-order chi connectivity index (χ0) is 18.6. The van der Waals surface area contributed by atoms with Crippen LogP contribution in [0.4, 0.5) is 5.69 Å². The number of hydrogen-bond acceptors (Lipinski definition) is 3. The van der Waals surface area contributed by atoms with Crippen LogP contribution in [0.2, 0.25) is 0 Å². The molecule has 140 valence electrons. The average molecular weight is 362 g/mol. The topological polar surface area (TPSA) is 58.4 Å². The third-order valence-corrected chi connectivity index (χ3v) is 5.32. The van der Waals surface area contributed by atoms with Crippen molar-refractivity contribution in [3.63, 3.8) is 0 Å². The second-order valence-corrected chi connectivity index (χ2v) is 7.42. The van der Waals surface area contributed by atoms with Gasteiger partial charge in [0.15, 0.2) is 0 Å². The molecule has 5 heteroatoms. The van der Waals surface area contributed by atoms with Gasteiger partial charge in [-0.15, -0.1) is 0 Å². The van der Waals surface area contributed by atoms with E-state index < -0.39 is 0 Å². The molecule has 3 aromatic rings. The lowest BCUT2D eigenvalue weighted by Crippen LogP contribution is -2.30. The van der Waals surface area contributed by atoms with E-state index >= 15 is 0 Å². The predicted octanol–water partition coefficient (Wildman–Crippen LogP) is 4.03. The largest absolute Gasteiger partial charge is 0.326 e. The van der Waals surface area contributed by atoms with E-state index in [2.05, 4.69) is 23.6 Å². The highest BCUT2D eigenvalue weighted by molar-refractivity contribution is 5.90. The Bertz CT molecular complexity index is 923. The van der Waals surface area contributed by atoms with Crippen molar-refractivity contribution in [2.75, 3.05) is 18.4 Å². The average Bonchev–Trinajstić information content (AvgIpc) is 3.14. The van der Waals surface area contributed by atoms with Crippen molar-refractivity contribution in [3.05, 3.63) is 54.4 Å². The molecular formula is C22H26N4O. The molecule has 4 rings (SSSR count). The van der Waals surface area contributed by atoms with E-state index in [4.69, 9.17) is 4.98 Å². The van der Waals surface area contributed by atoms with Gasteiger partial charge in [-0.2, -0.15) is 0 Å². The minimum Gasteiger partial charge on any atom is -0.326 e. The molecule has 1 unspecified atom stereocenters. The van der Waals surface area contributed by atoms with Crippen molar-refractivity contribution in [3.8, 4) is 11.3 Å². The van der Waals surface area contributed by atoms with E-state index in [1.54, 1.807) is 0 Å². The Morgan fingerprint density at radius 2 is 2.15 bits per heavy atom. The van der Waals surface area contributed by atoms with Gasteiger partial charge in [0.2, 0.25) is 5.91 Å². The van der Waals surface area contributed by atoms with Crippen LogP contribution in [-0.4, -0.2) is 28.4 Å². The first-order chi connectivity index (χ1) is 13.2. The first-order valence-electron chi connectivity index (χ1n) is 9.74. The molecule has 1 aliphatic heterocycles. The number of rotatable bonds is 5. The Hall–Kier alpha value is -2.66. The standard InChI is InChI=1S/C22H26N4O/c1-16-4-3-13-26-15-20(25-22(16)26)18-7-9-19(10-8-18)24-21(27)11-6-17-5-2-12-23-14-17/h3-4,7-10,13,15,17,23H,2,5-6,11-12,14H2,1H3,(H,24,27). The van der Waals surface area contributed by atoms with Crippen molar-refractivity contribution in [1.29, 1.82) is 0 Å². The summed E-state index contributed by atoms with van der Waals surface area (Å²) in [4.78, 5) is 16.9. The molecular weight excluding hydrogens is 336 g/mol. The number of amides is 1. The van der Waals surface area contributed by atoms with E-state index in [1.807, 2.05) is 47.1 Å². The Balaban J connectivity index is 1.38. The van der Waals surface area contributed by atoms with Crippen LogP contribution < -0.4 is 10.6 Å². The molecule has 1 fully saturated rings. The number of pyridine rings is 1. The lowest BCUT2D eigenvalue weighted by atomic mass is 9.94. The Morgan fingerprint density at radius 3 is 2.89 bits per heavy atom. The van der Waals surface area contributed by atoms with Crippen molar-refractivity contribution in [2.24, 2.45) is 5.92 Å². The number of piperidine rings is 1. The van der Waals surface area contributed by atoms with Gasteiger partial charge in [0, 0.05) is 30.1 Å². The second-order valence-electron chi connectivity index (χ2n) is 7.42. The fourth-order valence-corrected chi connectivity index (χ4v) is 3.75. The van der Waals surface area contributed by atoms with Crippen molar-refractivity contribution < 1.29 is 4.79 Å². The van der Waals surface area contributed by atoms with Crippen molar-refractivity contribution in [1.82, 2.24) is 14.7 Å². The number of hydrogen-bond donors (Lipinski definition) is 2. The van der Waals surface area contributed by atoms with E-state index in [9.17, 15) is 4.79 Å². The van der Waals surface area contributed by atoms with Crippen LogP contribution in [0.5, 0.6) is 0 Å². The second kappa shape index (κ2) is 7.92. The lowest BCUT2D eigenvalue weighted by molar-refractivity contribution is -0.116. The number of aryl methyl sites for hydroxylation is 1. The summed E-state index contributed by atoms with van der Waals surface area (Å²) in [6.45, 7) is 4.22. The van der Waals surface area contributed by atoms with Crippen LogP contribution in [0.25, 0.3) is 16.9 Å². The fraction of sp³-hybridized carbons (Fsp3) is 0.364. The minimum absolute atomic E-state index is 0.0941. The van der Waals surface area contributed by atoms with Crippen LogP contribution >= 0.6 is 0 Å². The van der Waals surface area contributed by atoms with Crippen LogP contribution in [0.3, 0.4) is 0 Å². The normalized spacial score (nSPS) is 17.1. The molecule has 5 nitrogen and oxygen atoms in total. The van der Waals surface area contributed by atoms with E-state index in [0.717, 1.165) is 47.7 Å². The summed E-state index contributed by atoms with van der Waals surface area (Å²) in [5, 5.41) is 6.41. The molecule has 0 radical (unpaired) electrons. The highest BCUT2D eigenvalue weighted by atomic mass is 16.1. The maximum Gasteiger partial charge on any atom is 0.224 e. The summed E-state index contributed by atoms with van der Waals surface area (Å²) in [7, 11) is 0. The first-order valence-corrected chi connectivity index (χ1v) is 9.74. The number of imidazole rings is 1. The SMILES string of the molecule is Cc1cccn2cc(-c3ccc(NC(=O)CCC4CCCNC4)cc3)nc12. The van der Waals surface area contributed by atoms with Crippen molar-refractivity contribution >= 4 is 17.2 Å². The van der Waals surface area contributed by atoms with Gasteiger partial charge < -0.3 is 15.0 Å². The molecule has 0 spiro atoms. The molecule has 2 aromatic heterocycles. The number of carbonyl (C=O) groups is 1. The number of nitrogens with one attached hydrogen (secondary N) is 2. The number of nitrogens with zero attached hydrogens (tertiary/aromatic N) is 2. The molecule has 1 aromatic carbocycles. The summed E-state index contributed by atoms with van der Waals surface area (Å²) < 4.78 is 2.04. The number of fused-ring (bicyclic) bond motifs is 1. The van der Waals surface area contributed by atoms with E-state index in [0.29, 0.717) is 12.3 Å². The molecule has 1 aliphatic rings. The summed E-state index contributed by atoms with van der Waals surface area (Å²) in [5.74, 6) is 0.724. The van der Waals surface area contributed by atoms with E-state index in [-0.39, 0.29) is 5.91 Å². The summed E-state index contributed by atoms with van der Waals surface area (Å²) in [6.07, 6.45) is 8.03. The molecule has 1 atom stereocenters. The van der Waals surface area contributed by atoms with E-state index in [1.165, 1.54) is 12.8 Å². The number of aromatic nitrogens is 2. The molecule has 1 amide bonds. The van der Waals surface area contributed by atoms with Gasteiger partial charge in [0.25, 0.3) is 0 Å². The third kappa shape index (κ3) is 4.19. The summed E-state index contributed by atoms with van der Waals surface area (Å²) >= 11 is 0. The van der Waals surface area contributed by atoms with Gasteiger partial charge in [-0.3, -0.25) is 4.79 Å². The third-order valence-electron chi connectivity index (χ3n) is 5.32. The minimum atomic E-state index is 0.0941. The van der Waals surface area contributed by atoms with Gasteiger partial charge in [0.1, 0.15) is 5.65 Å². The zero-order valence-electron chi connectivity index (χ0n) is 15.7. The number of carbonyl (C=O) groups excluding carboxylic acids is 1. The Kier molecular flexibility index (Phi) is 5.21. The molecule has 0 aliphatic carbocycles. The Morgan fingerprint density at radius 1 is 1.30 bits per heavy atom. The van der Waals surface area contributed by atoms with Gasteiger partial charge >= 0.3 is 0 Å². The molecule has 27 heavy (non-hydrogen) atoms. The highest BCUT2D eigenvalue weighted by Crippen LogP contribution is 2.23.